The molecule has 0 aliphatic heterocycles. The van der Waals surface area contributed by atoms with Crippen LogP contribution >= 0.6 is 0 Å². The Bertz CT molecular complexity index is 142. The predicted octanol–water partition coefficient (Wildman–Crippen LogP) is -2.40. The maximum atomic E-state index is 12.6. The van der Waals surface area contributed by atoms with E-state index in [1.807, 2.05) is 0 Å². The summed E-state index contributed by atoms with van der Waals surface area (Å²) in [5.74, 6) is 0. The van der Waals surface area contributed by atoms with Gasteiger partial charge in [-0.25, -0.2) is 4.39 Å². The Hall–Kier alpha value is -0.560. The van der Waals surface area contributed by atoms with Crippen LogP contribution in [0.15, 0.2) is 0 Å². The lowest BCUT2D eigenvalue weighted by atomic mass is 10.1. The molecule has 0 saturated carbocycles. The number of rotatable bonds is 5. The van der Waals surface area contributed by atoms with Gasteiger partial charge < -0.3 is 25.2 Å². The molecule has 0 aromatic rings. The van der Waals surface area contributed by atoms with Gasteiger partial charge in [0.2, 0.25) is 0 Å². The quantitative estimate of drug-likeness (QED) is 0.354. The van der Waals surface area contributed by atoms with Gasteiger partial charge >= 0.3 is 0 Å². The molecule has 12 heavy (non-hydrogen) atoms. The molecule has 6 heteroatoms. The van der Waals surface area contributed by atoms with Gasteiger partial charge in [-0.3, -0.25) is 0 Å². The van der Waals surface area contributed by atoms with Crippen LogP contribution in [0.3, 0.4) is 0 Å². The lowest BCUT2D eigenvalue weighted by Gasteiger charge is -2.20. The monoisotopic (exact) mass is 181 g/mol. The van der Waals surface area contributed by atoms with E-state index in [9.17, 15) is 9.18 Å². The fraction of sp³-hybridized carbons (Fsp3) is 0.833. The second-order valence-electron chi connectivity index (χ2n) is 2.31. The Morgan fingerprint density at radius 2 is 1.83 bits per heavy atom. The molecule has 5 nitrogen and oxygen atoms in total. The van der Waals surface area contributed by atoms with Gasteiger partial charge in [-0.1, -0.05) is 0 Å². The molecule has 0 aliphatic carbocycles. The van der Waals surface area contributed by atoms with Crippen LogP contribution in [0.4, 0.5) is 4.39 Å². The number of aldehydes is 1. The van der Waals surface area contributed by atoms with Gasteiger partial charge in [-0.2, -0.15) is 0 Å². The smallest absolute Gasteiger partial charge is 0.157 e. The molecular weight excluding hydrogens is 170 g/mol. The Labute approximate surface area is 68.1 Å². The molecule has 0 saturated heterocycles. The molecule has 0 rings (SSSR count). The van der Waals surface area contributed by atoms with Crippen molar-refractivity contribution >= 4 is 6.29 Å². The number of carbonyl (C=O) groups excluding carboxylic acids is 1. The molecule has 4 N–H and O–H groups in total. The van der Waals surface area contributed by atoms with Gasteiger partial charge in [0.25, 0.3) is 0 Å². The average Bonchev–Trinajstić information content (AvgIpc) is 2.12. The molecule has 0 amide bonds. The molecule has 0 bridgehead atoms. The number of halogens is 1. The lowest BCUT2D eigenvalue weighted by Crippen LogP contribution is -2.43. The molecule has 0 unspecified atom stereocenters. The van der Waals surface area contributed by atoms with Gasteiger partial charge in [0.1, 0.15) is 18.3 Å². The third-order valence-electron chi connectivity index (χ3n) is 1.37. The highest BCUT2D eigenvalue weighted by atomic mass is 18.2. The number of aliphatic hydroxyl groups excluding tert-OH is 4. The zero-order valence-corrected chi connectivity index (χ0v) is 6.17. The molecule has 0 aromatic heterocycles. The Morgan fingerprint density at radius 1 is 1.33 bits per heavy atom. The summed E-state index contributed by atoms with van der Waals surface area (Å²) in [4.78, 5) is 9.84. The van der Waals surface area contributed by atoms with Gasteiger partial charge in [-0.05, 0) is 0 Å². The van der Waals surface area contributed by atoms with E-state index >= 15 is 0 Å². The number of hydrogen-bond acceptors (Lipinski definition) is 5. The first-order valence-corrected chi connectivity index (χ1v) is 3.29. The molecule has 72 valence electrons. The van der Waals surface area contributed by atoms with Crippen molar-refractivity contribution in [1.82, 2.24) is 0 Å². The summed E-state index contributed by atoms with van der Waals surface area (Å²) in [6.07, 6.45) is -7.99. The zero-order valence-electron chi connectivity index (χ0n) is 6.17. The van der Waals surface area contributed by atoms with Gasteiger partial charge in [0.15, 0.2) is 12.5 Å². The van der Waals surface area contributed by atoms with Crippen molar-refractivity contribution in [3.05, 3.63) is 0 Å². The molecule has 0 aliphatic rings. The Morgan fingerprint density at radius 3 is 2.17 bits per heavy atom. The number of hydrogen-bond donors (Lipinski definition) is 4. The molecule has 0 fully saturated rings. The summed E-state index contributed by atoms with van der Waals surface area (Å²) < 4.78 is 12.6. The highest BCUT2D eigenvalue weighted by Crippen LogP contribution is 2.07. The number of alkyl halides is 1. The molecule has 0 aromatic carbocycles. The molecule has 4 atom stereocenters. The van der Waals surface area contributed by atoms with E-state index in [2.05, 4.69) is 0 Å². The highest BCUT2D eigenvalue weighted by Gasteiger charge is 2.31. The van der Waals surface area contributed by atoms with Crippen molar-refractivity contribution in [2.45, 2.75) is 24.5 Å². The van der Waals surface area contributed by atoms with Crippen LogP contribution < -0.4 is 0 Å². The van der Waals surface area contributed by atoms with E-state index in [0.29, 0.717) is 0 Å². The highest BCUT2D eigenvalue weighted by molar-refractivity contribution is 5.56. The van der Waals surface area contributed by atoms with Crippen molar-refractivity contribution in [3.8, 4) is 0 Å². The summed E-state index contributed by atoms with van der Waals surface area (Å²) in [5, 5.41) is 34.2. The third kappa shape index (κ3) is 2.82. The molecule has 0 radical (unpaired) electrons. The van der Waals surface area contributed by atoms with Crippen LogP contribution in [0.2, 0.25) is 0 Å². The second kappa shape index (κ2) is 5.15. The number of aliphatic hydroxyl groups is 4. The van der Waals surface area contributed by atoms with Gasteiger partial charge in [0, 0.05) is 0 Å². The SMILES string of the molecule is O=C[C@H](O)[C@@H](O)[C@H]([18F])[C@H](O)CO. The Kier molecular flexibility index (Phi) is 4.91. The van der Waals surface area contributed by atoms with E-state index in [4.69, 9.17) is 20.4 Å². The second-order valence-corrected chi connectivity index (χ2v) is 2.31. The number of carbonyl (C=O) groups is 1. The van der Waals surface area contributed by atoms with E-state index in [1.165, 1.54) is 0 Å². The van der Waals surface area contributed by atoms with E-state index < -0.39 is 31.1 Å². The largest absolute Gasteiger partial charge is 0.394 e. The minimum atomic E-state index is -2.24. The fourth-order valence-electron chi connectivity index (χ4n) is 0.597. The minimum Gasteiger partial charge on any atom is -0.394 e. The normalized spacial score (nSPS) is 21.1. The van der Waals surface area contributed by atoms with Crippen LogP contribution in [-0.4, -0.2) is 57.8 Å². The van der Waals surface area contributed by atoms with Crippen LogP contribution in [0.1, 0.15) is 0 Å². The van der Waals surface area contributed by atoms with Crippen molar-refractivity contribution in [2.75, 3.05) is 6.61 Å². The minimum absolute atomic E-state index is 0.0542. The van der Waals surface area contributed by atoms with Crippen molar-refractivity contribution < 1.29 is 29.6 Å². The standard InChI is InChI=1S/C6H11FO5/c7-5(3(10)1-8)6(12)4(11)2-9/h2-6,8,10-12H,1H2/t3-,4+,5-,6-/m1/s1/i7-1. The first-order valence-electron chi connectivity index (χ1n) is 3.29. The van der Waals surface area contributed by atoms with Crippen LogP contribution in [0, 0.1) is 0 Å². The third-order valence-corrected chi connectivity index (χ3v) is 1.37. The van der Waals surface area contributed by atoms with E-state index in [0.717, 1.165) is 0 Å². The van der Waals surface area contributed by atoms with E-state index in [1.54, 1.807) is 0 Å². The van der Waals surface area contributed by atoms with Gasteiger partial charge in [0.05, 0.1) is 6.61 Å². The van der Waals surface area contributed by atoms with Crippen LogP contribution in [0.25, 0.3) is 0 Å². The summed E-state index contributed by atoms with van der Waals surface area (Å²) in [6.45, 7) is -0.885. The summed E-state index contributed by atoms with van der Waals surface area (Å²) in [5.41, 5.74) is 0. The van der Waals surface area contributed by atoms with Gasteiger partial charge in [-0.15, -0.1) is 0 Å². The first kappa shape index (κ1) is 11.4. The average molecular weight is 181 g/mol. The molecule has 0 heterocycles. The van der Waals surface area contributed by atoms with E-state index in [-0.39, 0.29) is 6.29 Å². The zero-order chi connectivity index (χ0) is 9.72. The maximum Gasteiger partial charge on any atom is 0.157 e. The predicted molar refractivity (Wildman–Crippen MR) is 36.1 cm³/mol. The first-order chi connectivity index (χ1) is 5.54. The Balaban J connectivity index is 4.07. The summed E-state index contributed by atoms with van der Waals surface area (Å²) in [6, 6.07) is 0. The van der Waals surface area contributed by atoms with Crippen molar-refractivity contribution in [3.63, 3.8) is 0 Å². The van der Waals surface area contributed by atoms with Crippen LogP contribution in [0.5, 0.6) is 0 Å². The molecule has 0 spiro atoms. The van der Waals surface area contributed by atoms with Crippen LogP contribution in [-0.2, 0) is 4.79 Å². The maximum absolute atomic E-state index is 12.6. The van der Waals surface area contributed by atoms with Crippen molar-refractivity contribution in [2.24, 2.45) is 0 Å². The summed E-state index contributed by atoms with van der Waals surface area (Å²) >= 11 is 0. The summed E-state index contributed by atoms with van der Waals surface area (Å²) in [7, 11) is 0. The topological polar surface area (TPSA) is 98.0 Å². The van der Waals surface area contributed by atoms with Crippen molar-refractivity contribution in [1.29, 1.82) is 0 Å². The lowest BCUT2D eigenvalue weighted by molar-refractivity contribution is -0.127. The fourth-order valence-corrected chi connectivity index (χ4v) is 0.597. The molecular formula is C6H11FO5.